The molecule has 2 saturated carbocycles. The van der Waals surface area contributed by atoms with E-state index in [-0.39, 0.29) is 11.3 Å². The van der Waals surface area contributed by atoms with E-state index in [9.17, 15) is 10.2 Å². The highest BCUT2D eigenvalue weighted by Gasteiger charge is 2.68. The molecule has 4 aliphatic carbocycles. The van der Waals surface area contributed by atoms with Crippen LogP contribution in [0.3, 0.4) is 0 Å². The SMILES string of the molecule is CCOC1=CC2=CCC3C(C2CC1)C(O)(CSI)C[C@@]1(CC)C3CC[C@@]1(O)C#CSI. The molecule has 0 spiro atoms. The first-order valence-corrected chi connectivity index (χ1v) is 18.3. The largest absolute Gasteiger partial charge is 0.498 e. The number of ether oxygens (including phenoxy) is 1. The van der Waals surface area contributed by atoms with E-state index in [4.69, 9.17) is 4.74 Å². The summed E-state index contributed by atoms with van der Waals surface area (Å²) in [5.41, 5.74) is -0.757. The summed E-state index contributed by atoms with van der Waals surface area (Å²) >= 11 is 4.51. The highest BCUT2D eigenvalue weighted by atomic mass is 127. The lowest BCUT2D eigenvalue weighted by Gasteiger charge is -2.61. The van der Waals surface area contributed by atoms with Crippen molar-refractivity contribution in [3.8, 4) is 11.2 Å². The lowest BCUT2D eigenvalue weighted by atomic mass is 9.46. The van der Waals surface area contributed by atoms with Gasteiger partial charge < -0.3 is 14.9 Å². The van der Waals surface area contributed by atoms with Gasteiger partial charge in [-0.05, 0) is 116 Å². The van der Waals surface area contributed by atoms with E-state index < -0.39 is 11.2 Å². The molecule has 0 radical (unpaired) electrons. The van der Waals surface area contributed by atoms with E-state index in [1.54, 1.807) is 8.93 Å². The fourth-order valence-electron chi connectivity index (χ4n) is 7.60. The number of aliphatic hydroxyl groups is 2. The molecule has 4 aliphatic rings. The lowest BCUT2D eigenvalue weighted by Crippen LogP contribution is -2.64. The van der Waals surface area contributed by atoms with Gasteiger partial charge in [-0.15, -0.1) is 0 Å². The summed E-state index contributed by atoms with van der Waals surface area (Å²) in [4.78, 5) is 0. The molecule has 0 aromatic rings. The van der Waals surface area contributed by atoms with Crippen LogP contribution in [0.4, 0.5) is 0 Å². The van der Waals surface area contributed by atoms with Gasteiger partial charge in [-0.3, -0.25) is 0 Å². The van der Waals surface area contributed by atoms with Crippen molar-refractivity contribution in [2.75, 3.05) is 12.4 Å². The van der Waals surface area contributed by atoms with Gasteiger partial charge in [0, 0.05) is 38.8 Å². The maximum Gasteiger partial charge on any atom is 0.132 e. The minimum absolute atomic E-state index is 0.244. The van der Waals surface area contributed by atoms with Crippen molar-refractivity contribution in [2.45, 2.75) is 70.0 Å². The normalized spacial score (nSPS) is 43.5. The Hall–Kier alpha value is 0.920. The number of halogens is 2. The zero-order chi connectivity index (χ0) is 22.3. The van der Waals surface area contributed by atoms with Gasteiger partial charge in [0.25, 0.3) is 0 Å². The van der Waals surface area contributed by atoms with E-state index >= 15 is 0 Å². The molecule has 0 aromatic heterocycles. The third-order valence-corrected chi connectivity index (χ3v) is 11.0. The Kier molecular flexibility index (Phi) is 7.98. The van der Waals surface area contributed by atoms with Crippen molar-refractivity contribution >= 4 is 60.3 Å². The van der Waals surface area contributed by atoms with E-state index in [1.165, 1.54) is 14.5 Å². The minimum atomic E-state index is -1.00. The molecule has 3 nitrogen and oxygen atoms in total. The van der Waals surface area contributed by atoms with Crippen LogP contribution in [0.5, 0.6) is 0 Å². The molecule has 4 rings (SSSR count). The van der Waals surface area contributed by atoms with Crippen LogP contribution < -0.4 is 0 Å². The molecule has 0 bridgehead atoms. The number of hydrogen-bond acceptors (Lipinski definition) is 5. The summed E-state index contributed by atoms with van der Waals surface area (Å²) in [6, 6.07) is 0. The first kappa shape index (κ1) is 25.0. The van der Waals surface area contributed by atoms with Gasteiger partial charge in [-0.2, -0.15) is 0 Å². The zero-order valence-corrected chi connectivity index (χ0v) is 24.2. The van der Waals surface area contributed by atoms with Gasteiger partial charge in [0.2, 0.25) is 0 Å². The molecule has 2 N–H and O–H groups in total. The van der Waals surface area contributed by atoms with Crippen molar-refractivity contribution in [3.05, 3.63) is 23.5 Å². The summed E-state index contributed by atoms with van der Waals surface area (Å²) in [5.74, 6) is 6.50. The molecular formula is C24H32I2O3S2. The molecule has 0 saturated heterocycles. The van der Waals surface area contributed by atoms with E-state index in [2.05, 4.69) is 72.7 Å². The highest BCUT2D eigenvalue weighted by molar-refractivity contribution is 14.2. The second kappa shape index (κ2) is 9.88. The molecular weight excluding hydrogens is 654 g/mol. The predicted molar refractivity (Wildman–Crippen MR) is 148 cm³/mol. The van der Waals surface area contributed by atoms with Gasteiger partial charge in [0.1, 0.15) is 5.60 Å². The van der Waals surface area contributed by atoms with Crippen LogP contribution in [0.1, 0.15) is 58.8 Å². The minimum Gasteiger partial charge on any atom is -0.498 e. The average Bonchev–Trinajstić information content (AvgIpc) is 3.04. The van der Waals surface area contributed by atoms with Gasteiger partial charge in [0.15, 0.2) is 0 Å². The maximum absolute atomic E-state index is 12.3. The molecule has 0 heterocycles. The van der Waals surface area contributed by atoms with E-state index in [0.717, 1.165) is 44.3 Å². The van der Waals surface area contributed by atoms with Crippen molar-refractivity contribution in [1.82, 2.24) is 0 Å². The zero-order valence-electron chi connectivity index (χ0n) is 18.2. The molecule has 172 valence electrons. The molecule has 0 aromatic carbocycles. The Morgan fingerprint density at radius 1 is 1.26 bits per heavy atom. The van der Waals surface area contributed by atoms with Crippen molar-refractivity contribution < 1.29 is 14.9 Å². The summed E-state index contributed by atoms with van der Waals surface area (Å²) in [6.45, 7) is 4.95. The summed E-state index contributed by atoms with van der Waals surface area (Å²) in [5, 5.41) is 27.2. The van der Waals surface area contributed by atoms with Gasteiger partial charge in [-0.25, -0.2) is 0 Å². The van der Waals surface area contributed by atoms with Crippen LogP contribution >= 0.6 is 60.3 Å². The Morgan fingerprint density at radius 2 is 2.06 bits per heavy atom. The number of hydrogen-bond donors (Lipinski definition) is 2. The fourth-order valence-corrected chi connectivity index (χ4v) is 10.2. The topological polar surface area (TPSA) is 49.7 Å². The summed E-state index contributed by atoms with van der Waals surface area (Å²) < 4.78 is 5.84. The van der Waals surface area contributed by atoms with Crippen LogP contribution in [0, 0.1) is 40.3 Å². The third-order valence-electron chi connectivity index (χ3n) is 8.65. The van der Waals surface area contributed by atoms with Gasteiger partial charge >= 0.3 is 0 Å². The average molecular weight is 686 g/mol. The molecule has 5 unspecified atom stereocenters. The maximum atomic E-state index is 12.3. The molecule has 7 atom stereocenters. The van der Waals surface area contributed by atoms with Gasteiger partial charge in [0.05, 0.1) is 18.0 Å². The van der Waals surface area contributed by atoms with Crippen LogP contribution in [0.2, 0.25) is 0 Å². The quantitative estimate of drug-likeness (QED) is 0.250. The van der Waals surface area contributed by atoms with E-state index in [1.807, 2.05) is 6.92 Å². The first-order chi connectivity index (χ1) is 14.9. The van der Waals surface area contributed by atoms with Crippen molar-refractivity contribution in [1.29, 1.82) is 0 Å². The lowest BCUT2D eigenvalue weighted by molar-refractivity contribution is -0.184. The Balaban J connectivity index is 1.78. The number of fused-ring (bicyclic) bond motifs is 5. The van der Waals surface area contributed by atoms with Gasteiger partial charge in [-0.1, -0.05) is 27.9 Å². The Morgan fingerprint density at radius 3 is 2.74 bits per heavy atom. The van der Waals surface area contributed by atoms with Crippen LogP contribution in [-0.2, 0) is 4.74 Å². The summed E-state index contributed by atoms with van der Waals surface area (Å²) in [7, 11) is 3.15. The number of allylic oxidation sites excluding steroid dienone is 4. The summed E-state index contributed by atoms with van der Waals surface area (Å²) in [6.07, 6.45) is 10.9. The van der Waals surface area contributed by atoms with E-state index in [0.29, 0.717) is 36.5 Å². The van der Waals surface area contributed by atoms with Crippen LogP contribution in [0.15, 0.2) is 23.5 Å². The highest BCUT2D eigenvalue weighted by Crippen LogP contribution is 2.68. The van der Waals surface area contributed by atoms with Crippen LogP contribution in [0.25, 0.3) is 0 Å². The smallest absolute Gasteiger partial charge is 0.132 e. The number of rotatable bonds is 5. The van der Waals surface area contributed by atoms with Crippen molar-refractivity contribution in [2.24, 2.45) is 29.1 Å². The molecule has 2 fully saturated rings. The van der Waals surface area contributed by atoms with Crippen molar-refractivity contribution in [3.63, 3.8) is 0 Å². The first-order valence-electron chi connectivity index (χ1n) is 11.4. The van der Waals surface area contributed by atoms with Crippen LogP contribution in [-0.4, -0.2) is 33.8 Å². The molecule has 0 aliphatic heterocycles. The standard InChI is InChI=1S/C24H32I2O3S2/c1-3-22-14-23(27,15-31-26)21-18-8-6-17(29-4-2)13-16(18)5-7-19(21)20(22)9-10-24(22,28)11-12-30-25/h5,13,18-21,27-28H,3-4,6-10,14-15H2,1-2H3/t18?,19?,20?,21?,22-,23?,24+/m0/s1. The molecule has 31 heavy (non-hydrogen) atoms. The fraction of sp³-hybridized carbons (Fsp3) is 0.750. The predicted octanol–water partition coefficient (Wildman–Crippen LogP) is 6.68. The second-order valence-electron chi connectivity index (χ2n) is 9.67. The third kappa shape index (κ3) is 4.15. The Bertz CT molecular complexity index is 821. The molecule has 7 heteroatoms. The monoisotopic (exact) mass is 686 g/mol. The Labute approximate surface area is 219 Å². The molecule has 0 amide bonds. The second-order valence-corrected chi connectivity index (χ2v) is 13.7.